The lowest BCUT2D eigenvalue weighted by Crippen LogP contribution is -2.66. The van der Waals surface area contributed by atoms with Crippen molar-refractivity contribution in [2.75, 3.05) is 26.4 Å². The number of amides is 1. The van der Waals surface area contributed by atoms with E-state index >= 15 is 0 Å². The summed E-state index contributed by atoms with van der Waals surface area (Å²) in [7, 11) is 0. The summed E-state index contributed by atoms with van der Waals surface area (Å²) < 4.78 is 33.6. The zero-order chi connectivity index (χ0) is 42.8. The number of ether oxygens (including phenoxy) is 6. The smallest absolute Gasteiger partial charge is 0.220 e. The Kier molecular flexibility index (Phi) is 22.9. The molecule has 17 unspecified atom stereocenters. The van der Waals surface area contributed by atoms with Crippen molar-refractivity contribution in [1.29, 1.82) is 0 Å². The van der Waals surface area contributed by atoms with Gasteiger partial charge < -0.3 is 89.9 Å². The molecule has 3 heterocycles. The number of allylic oxidation sites excluding steroid dienone is 5. The van der Waals surface area contributed by atoms with Crippen LogP contribution in [0, 0.1) is 0 Å². The van der Waals surface area contributed by atoms with Crippen molar-refractivity contribution >= 4 is 5.91 Å². The lowest BCUT2D eigenvalue weighted by Gasteiger charge is -2.48. The summed E-state index contributed by atoms with van der Waals surface area (Å²) in [5.74, 6) is -0.350. The summed E-state index contributed by atoms with van der Waals surface area (Å²) in [4.78, 5) is 12.5. The van der Waals surface area contributed by atoms with E-state index in [2.05, 4.69) is 36.5 Å². The van der Waals surface area contributed by atoms with E-state index in [1.54, 1.807) is 6.08 Å². The SMILES string of the molecule is CCCC/C=C/CC/C=C/CC/C=C/C(O)C(COC1OC(CO)C(OC2OC(CO)C(OC3OC(CO)C(O)C(O)C3O)C(O)C2O)C(O)C1O)NC(=O)CCC. The molecule has 3 aliphatic rings. The molecule has 17 atom stereocenters. The Morgan fingerprint density at radius 3 is 1.59 bits per heavy atom. The van der Waals surface area contributed by atoms with Crippen LogP contribution in [-0.2, 0) is 33.2 Å². The fourth-order valence-electron chi connectivity index (χ4n) is 6.66. The fourth-order valence-corrected chi connectivity index (χ4v) is 6.66. The first-order valence-corrected chi connectivity index (χ1v) is 20.2. The van der Waals surface area contributed by atoms with Gasteiger partial charge in [-0.25, -0.2) is 0 Å². The number of aliphatic hydroxyl groups is 11. The van der Waals surface area contributed by atoms with Crippen molar-refractivity contribution < 1.29 is 89.4 Å². The molecule has 0 spiro atoms. The van der Waals surface area contributed by atoms with Gasteiger partial charge in [0.05, 0.1) is 38.6 Å². The van der Waals surface area contributed by atoms with Gasteiger partial charge >= 0.3 is 0 Å². The van der Waals surface area contributed by atoms with Gasteiger partial charge in [0.2, 0.25) is 5.91 Å². The van der Waals surface area contributed by atoms with E-state index in [0.717, 1.165) is 25.7 Å². The van der Waals surface area contributed by atoms with E-state index in [1.165, 1.54) is 18.9 Å². The normalized spacial score (nSPS) is 37.2. The Morgan fingerprint density at radius 1 is 0.603 bits per heavy atom. The minimum Gasteiger partial charge on any atom is -0.394 e. The van der Waals surface area contributed by atoms with Crippen LogP contribution in [0.1, 0.15) is 71.6 Å². The van der Waals surface area contributed by atoms with Crippen molar-refractivity contribution in [1.82, 2.24) is 5.32 Å². The summed E-state index contributed by atoms with van der Waals surface area (Å²) in [5.41, 5.74) is 0. The highest BCUT2D eigenvalue weighted by molar-refractivity contribution is 5.76. The lowest BCUT2D eigenvalue weighted by atomic mass is 9.96. The van der Waals surface area contributed by atoms with Crippen LogP contribution in [0.3, 0.4) is 0 Å². The second-order valence-electron chi connectivity index (χ2n) is 14.7. The summed E-state index contributed by atoms with van der Waals surface area (Å²) in [5, 5.41) is 118. The molecule has 3 fully saturated rings. The highest BCUT2D eigenvalue weighted by Crippen LogP contribution is 2.32. The maximum absolute atomic E-state index is 12.5. The van der Waals surface area contributed by atoms with Crippen LogP contribution in [0.15, 0.2) is 36.5 Å². The molecule has 0 saturated carbocycles. The molecule has 0 aromatic carbocycles. The van der Waals surface area contributed by atoms with Crippen LogP contribution in [0.2, 0.25) is 0 Å². The van der Waals surface area contributed by atoms with Crippen molar-refractivity contribution in [3.8, 4) is 0 Å². The third-order valence-corrected chi connectivity index (χ3v) is 10.1. The van der Waals surface area contributed by atoms with Crippen LogP contribution in [0.25, 0.3) is 0 Å². The van der Waals surface area contributed by atoms with Gasteiger partial charge in [-0.15, -0.1) is 0 Å². The molecule has 0 bridgehead atoms. The zero-order valence-electron chi connectivity index (χ0n) is 33.2. The first-order valence-electron chi connectivity index (χ1n) is 20.2. The number of carbonyl (C=O) groups excluding carboxylic acids is 1. The largest absolute Gasteiger partial charge is 0.394 e. The number of carbonyl (C=O) groups is 1. The van der Waals surface area contributed by atoms with Gasteiger partial charge in [-0.3, -0.25) is 4.79 Å². The van der Waals surface area contributed by atoms with Crippen LogP contribution in [0.4, 0.5) is 0 Å². The molecular formula is C39H67NO18. The molecule has 0 radical (unpaired) electrons. The standard InChI is InChI=1S/C39H67NO18/c1-3-5-6-7-8-9-10-11-12-13-14-15-17-23(44)22(40-27(45)16-4-2)21-53-37-33(51)30(48)35(25(19-42)55-37)58-39-34(52)31(49)36(26(20-43)56-39)57-38-32(50)29(47)28(46)24(18-41)54-38/h7-8,11-12,15,17,22-26,28-39,41-44,46-52H,3-6,9-10,13-14,16,18-21H2,1-2H3,(H,40,45)/b8-7+,12-11+,17-15+. The maximum Gasteiger partial charge on any atom is 0.220 e. The molecule has 3 saturated heterocycles. The van der Waals surface area contributed by atoms with Gasteiger partial charge in [-0.1, -0.05) is 63.1 Å². The molecule has 3 rings (SSSR count). The molecular weight excluding hydrogens is 770 g/mol. The first kappa shape index (κ1) is 50.4. The number of aliphatic hydroxyl groups excluding tert-OH is 11. The minimum atomic E-state index is -1.98. The quantitative estimate of drug-likeness (QED) is 0.0354. The van der Waals surface area contributed by atoms with E-state index in [9.17, 15) is 61.0 Å². The van der Waals surface area contributed by atoms with E-state index in [4.69, 9.17) is 28.4 Å². The van der Waals surface area contributed by atoms with E-state index in [0.29, 0.717) is 12.8 Å². The van der Waals surface area contributed by atoms with Crippen LogP contribution >= 0.6 is 0 Å². The highest BCUT2D eigenvalue weighted by Gasteiger charge is 2.53. The molecule has 12 N–H and O–H groups in total. The average molecular weight is 838 g/mol. The van der Waals surface area contributed by atoms with Crippen molar-refractivity contribution in [2.45, 2.75) is 176 Å². The topological polar surface area (TPSA) is 307 Å². The highest BCUT2D eigenvalue weighted by atomic mass is 16.8. The van der Waals surface area contributed by atoms with Crippen LogP contribution in [0.5, 0.6) is 0 Å². The fraction of sp³-hybridized carbons (Fsp3) is 0.821. The van der Waals surface area contributed by atoms with E-state index in [1.807, 2.05) is 6.92 Å². The van der Waals surface area contributed by atoms with Gasteiger partial charge in [0.1, 0.15) is 73.2 Å². The molecule has 1 amide bonds. The van der Waals surface area contributed by atoms with Gasteiger partial charge in [0, 0.05) is 6.42 Å². The summed E-state index contributed by atoms with van der Waals surface area (Å²) in [6.45, 7) is 1.17. The predicted molar refractivity (Wildman–Crippen MR) is 203 cm³/mol. The molecule has 336 valence electrons. The Morgan fingerprint density at radius 2 is 1.07 bits per heavy atom. The maximum atomic E-state index is 12.5. The van der Waals surface area contributed by atoms with Gasteiger partial charge in [-0.05, 0) is 38.5 Å². The van der Waals surface area contributed by atoms with Crippen molar-refractivity contribution in [3.05, 3.63) is 36.5 Å². The number of hydrogen-bond acceptors (Lipinski definition) is 18. The third kappa shape index (κ3) is 14.6. The van der Waals surface area contributed by atoms with Crippen molar-refractivity contribution in [2.24, 2.45) is 0 Å². The first-order chi connectivity index (χ1) is 27.8. The molecule has 0 aromatic rings. The van der Waals surface area contributed by atoms with Gasteiger partial charge in [0.25, 0.3) is 0 Å². The second kappa shape index (κ2) is 26.4. The zero-order valence-corrected chi connectivity index (χ0v) is 33.2. The second-order valence-corrected chi connectivity index (χ2v) is 14.7. The molecule has 0 aliphatic carbocycles. The summed E-state index contributed by atoms with van der Waals surface area (Å²) in [6.07, 6.45) is -7.52. The number of nitrogens with one attached hydrogen (secondary N) is 1. The van der Waals surface area contributed by atoms with E-state index < -0.39 is 124 Å². The third-order valence-electron chi connectivity index (χ3n) is 10.1. The Hall–Kier alpha value is -1.99. The van der Waals surface area contributed by atoms with Crippen molar-refractivity contribution in [3.63, 3.8) is 0 Å². The average Bonchev–Trinajstić information content (AvgIpc) is 3.21. The Balaban J connectivity index is 1.59. The number of unbranched alkanes of at least 4 members (excludes halogenated alkanes) is 4. The predicted octanol–water partition coefficient (Wildman–Crippen LogP) is -2.48. The minimum absolute atomic E-state index is 0.180. The Labute approximate surface area is 339 Å². The number of rotatable bonds is 24. The van der Waals surface area contributed by atoms with Gasteiger partial charge in [-0.2, -0.15) is 0 Å². The van der Waals surface area contributed by atoms with Crippen LogP contribution in [-0.4, -0.2) is 193 Å². The summed E-state index contributed by atoms with van der Waals surface area (Å²) in [6, 6.07) is -0.985. The molecule has 19 heteroatoms. The summed E-state index contributed by atoms with van der Waals surface area (Å²) >= 11 is 0. The van der Waals surface area contributed by atoms with E-state index in [-0.39, 0.29) is 18.9 Å². The van der Waals surface area contributed by atoms with Gasteiger partial charge in [0.15, 0.2) is 18.9 Å². The number of hydrogen-bond donors (Lipinski definition) is 12. The molecule has 19 nitrogen and oxygen atoms in total. The molecule has 0 aromatic heterocycles. The Bertz CT molecular complexity index is 1240. The lowest BCUT2D eigenvalue weighted by molar-refractivity contribution is -0.379. The van der Waals surface area contributed by atoms with Crippen LogP contribution < -0.4 is 5.32 Å². The molecule has 3 aliphatic heterocycles. The molecule has 58 heavy (non-hydrogen) atoms. The monoisotopic (exact) mass is 837 g/mol.